The van der Waals surface area contributed by atoms with Gasteiger partial charge in [0.15, 0.2) is 0 Å². The summed E-state index contributed by atoms with van der Waals surface area (Å²) in [6.07, 6.45) is 0.986. The zero-order valence-corrected chi connectivity index (χ0v) is 11.2. The molecule has 1 aliphatic heterocycles. The van der Waals surface area contributed by atoms with Crippen LogP contribution in [0.5, 0.6) is 0 Å². The molecule has 1 aromatic carbocycles. The predicted octanol–water partition coefficient (Wildman–Crippen LogP) is 3.10. The maximum atomic E-state index is 11.7. The third-order valence-electron chi connectivity index (χ3n) is 3.61. The molecule has 0 radical (unpaired) electrons. The van der Waals surface area contributed by atoms with Gasteiger partial charge >= 0.3 is 0 Å². The summed E-state index contributed by atoms with van der Waals surface area (Å²) < 4.78 is 0. The standard InChI is InChI=1S/C15H21NO/c1-10(2)15-14-6-5-11(3)9-13(14)7-8-16(15)12(4)17/h5-6,9-10,15H,7-8H2,1-4H3/t15-/m0/s1. The van der Waals surface area contributed by atoms with E-state index in [4.69, 9.17) is 0 Å². The minimum Gasteiger partial charge on any atom is -0.335 e. The van der Waals surface area contributed by atoms with Crippen LogP contribution in [-0.4, -0.2) is 17.4 Å². The van der Waals surface area contributed by atoms with Crippen molar-refractivity contribution in [3.8, 4) is 0 Å². The molecule has 0 N–H and O–H groups in total. The van der Waals surface area contributed by atoms with Crippen molar-refractivity contribution in [3.63, 3.8) is 0 Å². The number of carbonyl (C=O) groups excluding carboxylic acids is 1. The van der Waals surface area contributed by atoms with E-state index in [9.17, 15) is 4.79 Å². The van der Waals surface area contributed by atoms with Gasteiger partial charge in [0.2, 0.25) is 5.91 Å². The Hall–Kier alpha value is -1.31. The van der Waals surface area contributed by atoms with E-state index in [1.165, 1.54) is 16.7 Å². The molecule has 1 aliphatic rings. The van der Waals surface area contributed by atoms with E-state index in [-0.39, 0.29) is 11.9 Å². The number of rotatable bonds is 1. The Labute approximate surface area is 104 Å². The predicted molar refractivity (Wildman–Crippen MR) is 69.8 cm³/mol. The van der Waals surface area contributed by atoms with Crippen molar-refractivity contribution in [1.29, 1.82) is 0 Å². The molecule has 1 amide bonds. The first-order chi connectivity index (χ1) is 8.00. The highest BCUT2D eigenvalue weighted by Gasteiger charge is 2.30. The van der Waals surface area contributed by atoms with Crippen LogP contribution >= 0.6 is 0 Å². The van der Waals surface area contributed by atoms with Gasteiger partial charge in [0, 0.05) is 13.5 Å². The van der Waals surface area contributed by atoms with Gasteiger partial charge < -0.3 is 4.90 Å². The van der Waals surface area contributed by atoms with Crippen LogP contribution in [0.4, 0.5) is 0 Å². The third-order valence-corrected chi connectivity index (χ3v) is 3.61. The first-order valence-electron chi connectivity index (χ1n) is 6.37. The fourth-order valence-electron chi connectivity index (χ4n) is 2.86. The number of hydrogen-bond donors (Lipinski definition) is 0. The molecule has 17 heavy (non-hydrogen) atoms. The average Bonchev–Trinajstić information content (AvgIpc) is 2.26. The lowest BCUT2D eigenvalue weighted by atomic mass is 9.85. The van der Waals surface area contributed by atoms with E-state index in [0.717, 1.165) is 13.0 Å². The SMILES string of the molecule is CC(=O)N1CCc2cc(C)ccc2[C@@H]1C(C)C. The van der Waals surface area contributed by atoms with Crippen molar-refractivity contribution in [2.45, 2.75) is 40.2 Å². The minimum atomic E-state index is 0.190. The number of hydrogen-bond acceptors (Lipinski definition) is 1. The van der Waals surface area contributed by atoms with Crippen LogP contribution in [0.1, 0.15) is 43.5 Å². The molecule has 0 saturated carbocycles. The number of benzene rings is 1. The highest BCUT2D eigenvalue weighted by molar-refractivity contribution is 5.74. The van der Waals surface area contributed by atoms with Gasteiger partial charge in [-0.1, -0.05) is 37.6 Å². The smallest absolute Gasteiger partial charge is 0.219 e. The molecular formula is C15H21NO. The summed E-state index contributed by atoms with van der Waals surface area (Å²) in [5.41, 5.74) is 4.07. The summed E-state index contributed by atoms with van der Waals surface area (Å²) in [7, 11) is 0. The molecule has 0 spiro atoms. The van der Waals surface area contributed by atoms with Crippen molar-refractivity contribution in [3.05, 3.63) is 34.9 Å². The molecular weight excluding hydrogens is 210 g/mol. The van der Waals surface area contributed by atoms with Crippen molar-refractivity contribution >= 4 is 5.91 Å². The van der Waals surface area contributed by atoms with Crippen LogP contribution in [0.15, 0.2) is 18.2 Å². The number of carbonyl (C=O) groups is 1. The summed E-state index contributed by atoms with van der Waals surface area (Å²) in [6.45, 7) is 9.04. The zero-order chi connectivity index (χ0) is 12.6. The van der Waals surface area contributed by atoms with E-state index in [1.54, 1.807) is 6.92 Å². The number of amides is 1. The van der Waals surface area contributed by atoms with Crippen molar-refractivity contribution in [2.75, 3.05) is 6.54 Å². The Kier molecular flexibility index (Phi) is 3.23. The first-order valence-corrected chi connectivity index (χ1v) is 6.37. The largest absolute Gasteiger partial charge is 0.335 e. The van der Waals surface area contributed by atoms with Crippen LogP contribution in [0.25, 0.3) is 0 Å². The molecule has 2 rings (SSSR count). The number of aryl methyl sites for hydroxylation is 1. The van der Waals surface area contributed by atoms with Crippen molar-refractivity contribution in [1.82, 2.24) is 4.90 Å². The Bertz CT molecular complexity index is 437. The Balaban J connectivity index is 2.46. The quantitative estimate of drug-likeness (QED) is 0.727. The summed E-state index contributed by atoms with van der Waals surface area (Å²) in [5.74, 6) is 0.649. The molecule has 92 valence electrons. The van der Waals surface area contributed by atoms with E-state index in [0.29, 0.717) is 5.92 Å². The molecule has 0 aromatic heterocycles. The summed E-state index contributed by atoms with van der Waals surface area (Å²) >= 11 is 0. The lowest BCUT2D eigenvalue weighted by Crippen LogP contribution is -2.41. The van der Waals surface area contributed by atoms with E-state index in [2.05, 4.69) is 39.0 Å². The van der Waals surface area contributed by atoms with Crippen LogP contribution in [-0.2, 0) is 11.2 Å². The molecule has 1 atom stereocenters. The fourth-order valence-corrected chi connectivity index (χ4v) is 2.86. The van der Waals surface area contributed by atoms with E-state index < -0.39 is 0 Å². The summed E-state index contributed by atoms with van der Waals surface area (Å²) in [5, 5.41) is 0. The van der Waals surface area contributed by atoms with Crippen LogP contribution < -0.4 is 0 Å². The minimum absolute atomic E-state index is 0.190. The molecule has 0 fully saturated rings. The van der Waals surface area contributed by atoms with Crippen molar-refractivity contribution in [2.24, 2.45) is 5.92 Å². The second kappa shape index (κ2) is 4.52. The fraction of sp³-hybridized carbons (Fsp3) is 0.533. The second-order valence-corrected chi connectivity index (χ2v) is 5.35. The Morgan fingerprint density at radius 2 is 2.12 bits per heavy atom. The monoisotopic (exact) mass is 231 g/mol. The normalized spacial score (nSPS) is 19.4. The summed E-state index contributed by atoms with van der Waals surface area (Å²) in [4.78, 5) is 13.7. The number of fused-ring (bicyclic) bond motifs is 1. The number of nitrogens with zero attached hydrogens (tertiary/aromatic N) is 1. The Morgan fingerprint density at radius 1 is 1.41 bits per heavy atom. The van der Waals surface area contributed by atoms with Gasteiger partial charge in [-0.15, -0.1) is 0 Å². The Morgan fingerprint density at radius 3 is 2.71 bits per heavy atom. The molecule has 2 nitrogen and oxygen atoms in total. The van der Waals surface area contributed by atoms with Crippen LogP contribution in [0.2, 0.25) is 0 Å². The van der Waals surface area contributed by atoms with E-state index >= 15 is 0 Å². The third kappa shape index (κ3) is 2.21. The van der Waals surface area contributed by atoms with Gasteiger partial charge in [0.1, 0.15) is 0 Å². The highest BCUT2D eigenvalue weighted by atomic mass is 16.2. The molecule has 0 saturated heterocycles. The molecule has 1 aromatic rings. The van der Waals surface area contributed by atoms with Crippen LogP contribution in [0, 0.1) is 12.8 Å². The second-order valence-electron chi connectivity index (χ2n) is 5.35. The summed E-state index contributed by atoms with van der Waals surface area (Å²) in [6, 6.07) is 6.86. The van der Waals surface area contributed by atoms with Gasteiger partial charge in [-0.3, -0.25) is 4.79 Å². The molecule has 0 unspecified atom stereocenters. The zero-order valence-electron chi connectivity index (χ0n) is 11.2. The molecule has 0 aliphatic carbocycles. The van der Waals surface area contributed by atoms with Gasteiger partial charge in [-0.25, -0.2) is 0 Å². The molecule has 2 heteroatoms. The topological polar surface area (TPSA) is 20.3 Å². The van der Waals surface area contributed by atoms with Gasteiger partial charge in [0.05, 0.1) is 6.04 Å². The average molecular weight is 231 g/mol. The lowest BCUT2D eigenvalue weighted by Gasteiger charge is -2.39. The first kappa shape index (κ1) is 12.2. The molecule has 0 bridgehead atoms. The van der Waals surface area contributed by atoms with Gasteiger partial charge in [0.25, 0.3) is 0 Å². The van der Waals surface area contributed by atoms with E-state index in [1.807, 2.05) is 4.90 Å². The van der Waals surface area contributed by atoms with Gasteiger partial charge in [-0.05, 0) is 30.4 Å². The maximum Gasteiger partial charge on any atom is 0.219 e. The van der Waals surface area contributed by atoms with Crippen LogP contribution in [0.3, 0.4) is 0 Å². The maximum absolute atomic E-state index is 11.7. The van der Waals surface area contributed by atoms with Gasteiger partial charge in [-0.2, -0.15) is 0 Å². The lowest BCUT2D eigenvalue weighted by molar-refractivity contribution is -0.132. The molecule has 1 heterocycles. The highest BCUT2D eigenvalue weighted by Crippen LogP contribution is 2.35. The van der Waals surface area contributed by atoms with Crippen molar-refractivity contribution < 1.29 is 4.79 Å².